The van der Waals surface area contributed by atoms with Gasteiger partial charge in [-0.15, -0.1) is 11.3 Å². The number of rotatable bonds is 5. The Bertz CT molecular complexity index is 958. The Kier molecular flexibility index (Phi) is 5.69. The second-order valence-corrected chi connectivity index (χ2v) is 7.90. The highest BCUT2D eigenvalue weighted by Gasteiger charge is 2.22. The number of nitrogens with one attached hydrogen (secondary N) is 1. The Labute approximate surface area is 168 Å². The number of hydrogen-bond donors (Lipinski definition) is 1. The lowest BCUT2D eigenvalue weighted by Gasteiger charge is -2.35. The van der Waals surface area contributed by atoms with Gasteiger partial charge in [0.2, 0.25) is 5.91 Å². The zero-order valence-electron chi connectivity index (χ0n) is 15.6. The first kappa shape index (κ1) is 18.7. The lowest BCUT2D eigenvalue weighted by molar-refractivity contribution is -0.131. The third kappa shape index (κ3) is 4.24. The topological polar surface area (TPSA) is 52.7 Å². The summed E-state index contributed by atoms with van der Waals surface area (Å²) in [5.74, 6) is -0.201. The molecular weight excluding hydrogens is 370 g/mol. The highest BCUT2D eigenvalue weighted by Crippen LogP contribution is 2.20. The molecule has 0 saturated carbocycles. The highest BCUT2D eigenvalue weighted by molar-refractivity contribution is 7.12. The van der Waals surface area contributed by atoms with Crippen LogP contribution < -0.4 is 5.32 Å². The molecule has 6 heteroatoms. The van der Waals surface area contributed by atoms with E-state index in [1.807, 2.05) is 16.3 Å². The van der Waals surface area contributed by atoms with Crippen LogP contribution in [0, 0.1) is 0 Å². The van der Waals surface area contributed by atoms with Gasteiger partial charge >= 0.3 is 0 Å². The van der Waals surface area contributed by atoms with Crippen molar-refractivity contribution in [3.63, 3.8) is 0 Å². The standard InChI is InChI=1S/C22H23N3O2S/c26-21(15-23-22(27)20-9-4-14-28-20)25-12-10-24(11-13-25)16-18-7-3-6-17-5-1-2-8-19(17)18/h1-9,14H,10-13,15-16H2,(H,23,27). The van der Waals surface area contributed by atoms with Gasteiger partial charge in [0.05, 0.1) is 11.4 Å². The molecule has 4 rings (SSSR count). The van der Waals surface area contributed by atoms with Crippen LogP contribution in [0.2, 0.25) is 0 Å². The van der Waals surface area contributed by atoms with Gasteiger partial charge in [-0.2, -0.15) is 0 Å². The van der Waals surface area contributed by atoms with E-state index in [2.05, 4.69) is 52.7 Å². The molecular formula is C22H23N3O2S. The lowest BCUT2D eigenvalue weighted by atomic mass is 10.0. The average Bonchev–Trinajstić information content (AvgIpc) is 3.28. The van der Waals surface area contributed by atoms with E-state index in [0.29, 0.717) is 18.0 Å². The summed E-state index contributed by atoms with van der Waals surface area (Å²) in [6.07, 6.45) is 0. The van der Waals surface area contributed by atoms with Crippen molar-refractivity contribution in [3.8, 4) is 0 Å². The Morgan fingerprint density at radius 1 is 0.929 bits per heavy atom. The maximum Gasteiger partial charge on any atom is 0.261 e. The fraction of sp³-hybridized carbons (Fsp3) is 0.273. The van der Waals surface area contributed by atoms with Crippen LogP contribution in [0.3, 0.4) is 0 Å². The molecule has 28 heavy (non-hydrogen) atoms. The van der Waals surface area contributed by atoms with E-state index >= 15 is 0 Å². The van der Waals surface area contributed by atoms with E-state index in [9.17, 15) is 9.59 Å². The van der Waals surface area contributed by atoms with E-state index in [-0.39, 0.29) is 18.4 Å². The summed E-state index contributed by atoms with van der Waals surface area (Å²) in [5.41, 5.74) is 1.32. The number of nitrogens with zero attached hydrogens (tertiary/aromatic N) is 2. The molecule has 0 spiro atoms. The molecule has 1 saturated heterocycles. The van der Waals surface area contributed by atoms with E-state index in [4.69, 9.17) is 0 Å². The minimum atomic E-state index is -0.182. The lowest BCUT2D eigenvalue weighted by Crippen LogP contribution is -2.50. The molecule has 0 atom stereocenters. The minimum absolute atomic E-state index is 0.0188. The SMILES string of the molecule is O=C(NCC(=O)N1CCN(Cc2cccc3ccccc23)CC1)c1cccs1. The summed E-state index contributed by atoms with van der Waals surface area (Å²) >= 11 is 1.38. The zero-order chi connectivity index (χ0) is 19.3. The number of thiophene rings is 1. The maximum absolute atomic E-state index is 12.4. The first-order chi connectivity index (χ1) is 13.7. The fourth-order valence-corrected chi connectivity index (χ4v) is 4.23. The fourth-order valence-electron chi connectivity index (χ4n) is 3.59. The van der Waals surface area contributed by atoms with Gasteiger partial charge < -0.3 is 10.2 Å². The quantitative estimate of drug-likeness (QED) is 0.725. The maximum atomic E-state index is 12.4. The summed E-state index contributed by atoms with van der Waals surface area (Å²) in [7, 11) is 0. The van der Waals surface area contributed by atoms with Crippen molar-refractivity contribution < 1.29 is 9.59 Å². The summed E-state index contributed by atoms with van der Waals surface area (Å²) in [5, 5.41) is 7.12. The van der Waals surface area contributed by atoms with E-state index in [1.165, 1.54) is 27.7 Å². The number of carbonyl (C=O) groups excluding carboxylic acids is 2. The molecule has 0 radical (unpaired) electrons. The molecule has 1 aliphatic rings. The van der Waals surface area contributed by atoms with E-state index in [0.717, 1.165) is 19.6 Å². The van der Waals surface area contributed by atoms with Gasteiger partial charge in [0.15, 0.2) is 0 Å². The van der Waals surface area contributed by atoms with Gasteiger partial charge in [-0.3, -0.25) is 14.5 Å². The van der Waals surface area contributed by atoms with Crippen LogP contribution in [-0.2, 0) is 11.3 Å². The number of fused-ring (bicyclic) bond motifs is 1. The normalized spacial score (nSPS) is 14.9. The van der Waals surface area contributed by atoms with Crippen LogP contribution in [0.25, 0.3) is 10.8 Å². The molecule has 0 bridgehead atoms. The zero-order valence-corrected chi connectivity index (χ0v) is 16.5. The van der Waals surface area contributed by atoms with Crippen LogP contribution in [0.5, 0.6) is 0 Å². The summed E-state index contributed by atoms with van der Waals surface area (Å²) in [4.78, 5) is 29.2. The van der Waals surface area contributed by atoms with Crippen molar-refractivity contribution in [3.05, 3.63) is 70.4 Å². The molecule has 1 fully saturated rings. The molecule has 2 heterocycles. The van der Waals surface area contributed by atoms with Crippen LogP contribution in [-0.4, -0.2) is 54.3 Å². The Morgan fingerprint density at radius 3 is 2.50 bits per heavy atom. The highest BCUT2D eigenvalue weighted by atomic mass is 32.1. The van der Waals surface area contributed by atoms with Gasteiger partial charge in [-0.05, 0) is 27.8 Å². The summed E-state index contributed by atoms with van der Waals surface area (Å²) < 4.78 is 0. The van der Waals surface area contributed by atoms with Crippen LogP contribution >= 0.6 is 11.3 Å². The smallest absolute Gasteiger partial charge is 0.261 e. The molecule has 1 aromatic heterocycles. The van der Waals surface area contributed by atoms with Crippen LogP contribution in [0.4, 0.5) is 0 Å². The second-order valence-electron chi connectivity index (χ2n) is 6.96. The van der Waals surface area contributed by atoms with Crippen LogP contribution in [0.1, 0.15) is 15.2 Å². The van der Waals surface area contributed by atoms with Gasteiger partial charge in [0.1, 0.15) is 0 Å². The van der Waals surface area contributed by atoms with Crippen molar-refractivity contribution in [2.75, 3.05) is 32.7 Å². The molecule has 2 aromatic carbocycles. The molecule has 2 amide bonds. The van der Waals surface area contributed by atoms with Crippen LogP contribution in [0.15, 0.2) is 60.0 Å². The van der Waals surface area contributed by atoms with E-state index < -0.39 is 0 Å². The van der Waals surface area contributed by atoms with Crippen molar-refractivity contribution in [1.82, 2.24) is 15.1 Å². The molecule has 5 nitrogen and oxygen atoms in total. The van der Waals surface area contributed by atoms with Gasteiger partial charge in [0.25, 0.3) is 5.91 Å². The Hall–Kier alpha value is -2.70. The van der Waals surface area contributed by atoms with Crippen molar-refractivity contribution in [2.24, 2.45) is 0 Å². The molecule has 0 unspecified atom stereocenters. The Morgan fingerprint density at radius 2 is 1.71 bits per heavy atom. The monoisotopic (exact) mass is 393 g/mol. The summed E-state index contributed by atoms with van der Waals surface area (Å²) in [6.45, 7) is 4.01. The van der Waals surface area contributed by atoms with Crippen molar-refractivity contribution in [2.45, 2.75) is 6.54 Å². The number of hydrogen-bond acceptors (Lipinski definition) is 4. The third-order valence-corrected chi connectivity index (χ3v) is 6.01. The van der Waals surface area contributed by atoms with Gasteiger partial charge in [0, 0.05) is 32.7 Å². The molecule has 3 aromatic rings. The number of benzene rings is 2. The largest absolute Gasteiger partial charge is 0.342 e. The predicted octanol–water partition coefficient (Wildman–Crippen LogP) is 2.98. The third-order valence-electron chi connectivity index (χ3n) is 5.14. The second kappa shape index (κ2) is 8.54. The number of carbonyl (C=O) groups is 2. The average molecular weight is 394 g/mol. The molecule has 1 N–H and O–H groups in total. The van der Waals surface area contributed by atoms with Gasteiger partial charge in [-0.25, -0.2) is 0 Å². The molecule has 1 aliphatic heterocycles. The predicted molar refractivity (Wildman–Crippen MR) is 112 cm³/mol. The first-order valence-electron chi connectivity index (χ1n) is 9.49. The van der Waals surface area contributed by atoms with Gasteiger partial charge in [-0.1, -0.05) is 48.5 Å². The van der Waals surface area contributed by atoms with E-state index in [1.54, 1.807) is 6.07 Å². The summed E-state index contributed by atoms with van der Waals surface area (Å²) in [6, 6.07) is 18.5. The Balaban J connectivity index is 1.28. The molecule has 144 valence electrons. The van der Waals surface area contributed by atoms with Crippen molar-refractivity contribution >= 4 is 33.9 Å². The first-order valence-corrected chi connectivity index (χ1v) is 10.4. The molecule has 0 aliphatic carbocycles. The number of piperazine rings is 1. The number of amides is 2. The minimum Gasteiger partial charge on any atom is -0.342 e. The van der Waals surface area contributed by atoms with Crippen molar-refractivity contribution in [1.29, 1.82) is 0 Å².